The lowest BCUT2D eigenvalue weighted by molar-refractivity contribution is 0.403. The maximum absolute atomic E-state index is 14.1. The highest BCUT2D eigenvalue weighted by Crippen LogP contribution is 2.31. The van der Waals surface area contributed by atoms with Crippen LogP contribution in [0.2, 0.25) is 5.02 Å². The summed E-state index contributed by atoms with van der Waals surface area (Å²) in [4.78, 5) is 0. The first kappa shape index (κ1) is 15.7. The Morgan fingerprint density at radius 3 is 2.14 bits per heavy atom. The number of nitrogens with one attached hydrogen (secondary N) is 1. The molecule has 0 radical (unpaired) electrons. The number of hydrogen-bond acceptors (Lipinski definition) is 2. The van der Waals surface area contributed by atoms with E-state index in [1.807, 2.05) is 0 Å². The molecule has 0 aliphatic rings. The van der Waals surface area contributed by atoms with Gasteiger partial charge in [0.1, 0.15) is 23.2 Å². The first-order chi connectivity index (χ1) is 9.97. The van der Waals surface area contributed by atoms with Gasteiger partial charge in [0, 0.05) is 17.7 Å². The van der Waals surface area contributed by atoms with Crippen LogP contribution in [0.4, 0.5) is 13.2 Å². The molecule has 6 heteroatoms. The van der Waals surface area contributed by atoms with Crippen LogP contribution in [0.5, 0.6) is 5.75 Å². The molecule has 0 bridgehead atoms. The number of benzene rings is 2. The first-order valence-corrected chi connectivity index (χ1v) is 6.51. The van der Waals surface area contributed by atoms with E-state index in [0.29, 0.717) is 5.56 Å². The summed E-state index contributed by atoms with van der Waals surface area (Å²) in [6, 6.07) is 5.30. The Bertz CT molecular complexity index is 640. The third-order valence-electron chi connectivity index (χ3n) is 3.14. The minimum Gasteiger partial charge on any atom is -0.497 e. The van der Waals surface area contributed by atoms with Crippen molar-refractivity contribution in [3.8, 4) is 5.75 Å². The van der Waals surface area contributed by atoms with Crippen molar-refractivity contribution in [2.75, 3.05) is 14.2 Å². The number of hydrogen-bond donors (Lipinski definition) is 1. The van der Waals surface area contributed by atoms with Gasteiger partial charge in [-0.15, -0.1) is 0 Å². The highest BCUT2D eigenvalue weighted by molar-refractivity contribution is 6.30. The molecule has 2 aromatic rings. The fourth-order valence-electron chi connectivity index (χ4n) is 2.12. The van der Waals surface area contributed by atoms with Crippen LogP contribution in [-0.2, 0) is 0 Å². The fraction of sp³-hybridized carbons (Fsp3) is 0.200. The lowest BCUT2D eigenvalue weighted by atomic mass is 9.97. The minimum absolute atomic E-state index is 0.0840. The van der Waals surface area contributed by atoms with Crippen LogP contribution in [-0.4, -0.2) is 14.2 Å². The molecule has 0 heterocycles. The summed E-state index contributed by atoms with van der Waals surface area (Å²) < 4.78 is 46.3. The van der Waals surface area contributed by atoms with Gasteiger partial charge in [-0.05, 0) is 24.7 Å². The Kier molecular flexibility index (Phi) is 4.75. The van der Waals surface area contributed by atoms with E-state index in [9.17, 15) is 13.2 Å². The predicted octanol–water partition coefficient (Wildman–Crippen LogP) is 4.07. The number of halogens is 4. The topological polar surface area (TPSA) is 21.3 Å². The van der Waals surface area contributed by atoms with Crippen molar-refractivity contribution in [1.29, 1.82) is 0 Å². The predicted molar refractivity (Wildman–Crippen MR) is 75.2 cm³/mol. The van der Waals surface area contributed by atoms with E-state index in [1.165, 1.54) is 19.2 Å². The van der Waals surface area contributed by atoms with E-state index in [0.717, 1.165) is 18.2 Å². The Balaban J connectivity index is 2.53. The molecular formula is C15H13ClF3NO. The molecular weight excluding hydrogens is 303 g/mol. The maximum Gasteiger partial charge on any atom is 0.141 e. The molecule has 0 saturated carbocycles. The van der Waals surface area contributed by atoms with E-state index in [1.54, 1.807) is 7.05 Å². The molecule has 0 aromatic heterocycles. The van der Waals surface area contributed by atoms with Gasteiger partial charge in [-0.3, -0.25) is 0 Å². The van der Waals surface area contributed by atoms with Crippen LogP contribution in [0, 0.1) is 17.5 Å². The number of methoxy groups -OCH3 is 1. The summed E-state index contributed by atoms with van der Waals surface area (Å²) in [6.45, 7) is 0. The summed E-state index contributed by atoms with van der Waals surface area (Å²) in [5, 5.41) is 2.69. The highest BCUT2D eigenvalue weighted by Gasteiger charge is 2.22. The molecule has 112 valence electrons. The zero-order valence-corrected chi connectivity index (χ0v) is 12.1. The summed E-state index contributed by atoms with van der Waals surface area (Å²) >= 11 is 5.72. The Labute approximate surface area is 125 Å². The molecule has 0 amide bonds. The Morgan fingerprint density at radius 2 is 1.67 bits per heavy atom. The van der Waals surface area contributed by atoms with E-state index < -0.39 is 23.5 Å². The van der Waals surface area contributed by atoms with E-state index in [2.05, 4.69) is 5.32 Å². The van der Waals surface area contributed by atoms with Crippen LogP contribution in [0.3, 0.4) is 0 Å². The Hall–Kier alpha value is -1.72. The number of rotatable bonds is 4. The van der Waals surface area contributed by atoms with E-state index in [4.69, 9.17) is 16.3 Å². The third kappa shape index (κ3) is 3.14. The van der Waals surface area contributed by atoms with Gasteiger partial charge in [0.2, 0.25) is 0 Å². The molecule has 0 spiro atoms. The Morgan fingerprint density at radius 1 is 1.05 bits per heavy atom. The largest absolute Gasteiger partial charge is 0.497 e. The average Bonchev–Trinajstić information content (AvgIpc) is 2.45. The molecule has 1 atom stereocenters. The van der Waals surface area contributed by atoms with Gasteiger partial charge < -0.3 is 10.1 Å². The van der Waals surface area contributed by atoms with Gasteiger partial charge in [0.25, 0.3) is 0 Å². The van der Waals surface area contributed by atoms with E-state index in [-0.39, 0.29) is 16.3 Å². The maximum atomic E-state index is 14.1. The average molecular weight is 316 g/mol. The van der Waals surface area contributed by atoms with Crippen LogP contribution < -0.4 is 10.1 Å². The monoisotopic (exact) mass is 315 g/mol. The SMILES string of the molecule is CNC(c1ccc(F)c(Cl)c1)c1c(F)cc(OC)cc1F. The van der Waals surface area contributed by atoms with Crippen LogP contribution in [0.25, 0.3) is 0 Å². The van der Waals surface area contributed by atoms with Gasteiger partial charge in [-0.25, -0.2) is 13.2 Å². The second-order valence-electron chi connectivity index (χ2n) is 4.40. The van der Waals surface area contributed by atoms with E-state index >= 15 is 0 Å². The summed E-state index contributed by atoms with van der Waals surface area (Å²) in [7, 11) is 2.87. The van der Waals surface area contributed by atoms with Crippen molar-refractivity contribution >= 4 is 11.6 Å². The van der Waals surface area contributed by atoms with Crippen molar-refractivity contribution in [1.82, 2.24) is 5.32 Å². The summed E-state index contributed by atoms with van der Waals surface area (Å²) in [5.41, 5.74) is 0.271. The minimum atomic E-state index is -0.797. The quantitative estimate of drug-likeness (QED) is 0.918. The summed E-state index contributed by atoms with van der Waals surface area (Å²) in [6.07, 6.45) is 0. The second kappa shape index (κ2) is 6.37. The first-order valence-electron chi connectivity index (χ1n) is 6.13. The standard InChI is InChI=1S/C15H13ClF3NO/c1-20-15(8-3-4-11(17)10(16)5-8)14-12(18)6-9(21-2)7-13(14)19/h3-7,15,20H,1-2H3. The van der Waals surface area contributed by atoms with Gasteiger partial charge in [0.05, 0.1) is 18.2 Å². The lowest BCUT2D eigenvalue weighted by Crippen LogP contribution is -2.20. The van der Waals surface area contributed by atoms with Crippen LogP contribution >= 0.6 is 11.6 Å². The normalized spacial score (nSPS) is 12.3. The summed E-state index contributed by atoms with van der Waals surface area (Å²) in [5.74, 6) is -2.02. The molecule has 2 rings (SSSR count). The molecule has 0 saturated heterocycles. The zero-order valence-electron chi connectivity index (χ0n) is 11.4. The molecule has 0 fully saturated rings. The fourth-order valence-corrected chi connectivity index (χ4v) is 2.31. The van der Waals surface area contributed by atoms with Crippen molar-refractivity contribution < 1.29 is 17.9 Å². The lowest BCUT2D eigenvalue weighted by Gasteiger charge is -2.19. The van der Waals surface area contributed by atoms with Crippen molar-refractivity contribution in [2.45, 2.75) is 6.04 Å². The molecule has 1 unspecified atom stereocenters. The van der Waals surface area contributed by atoms with Gasteiger partial charge in [-0.2, -0.15) is 0 Å². The van der Waals surface area contributed by atoms with Gasteiger partial charge in [-0.1, -0.05) is 17.7 Å². The molecule has 0 aliphatic carbocycles. The molecule has 1 N–H and O–H groups in total. The van der Waals surface area contributed by atoms with Crippen molar-refractivity contribution in [3.63, 3.8) is 0 Å². The van der Waals surface area contributed by atoms with Gasteiger partial charge >= 0.3 is 0 Å². The van der Waals surface area contributed by atoms with Gasteiger partial charge in [0.15, 0.2) is 0 Å². The molecule has 2 aromatic carbocycles. The molecule has 21 heavy (non-hydrogen) atoms. The molecule has 0 aliphatic heterocycles. The third-order valence-corrected chi connectivity index (χ3v) is 3.43. The number of ether oxygens (including phenoxy) is 1. The smallest absolute Gasteiger partial charge is 0.141 e. The zero-order chi connectivity index (χ0) is 15.6. The van der Waals surface area contributed by atoms with Crippen LogP contribution in [0.1, 0.15) is 17.2 Å². The molecule has 2 nitrogen and oxygen atoms in total. The van der Waals surface area contributed by atoms with Crippen molar-refractivity contribution in [2.24, 2.45) is 0 Å². The highest BCUT2D eigenvalue weighted by atomic mass is 35.5. The van der Waals surface area contributed by atoms with Crippen molar-refractivity contribution in [3.05, 3.63) is 63.9 Å². The van der Waals surface area contributed by atoms with Crippen LogP contribution in [0.15, 0.2) is 30.3 Å². The second-order valence-corrected chi connectivity index (χ2v) is 4.81.